The third-order valence-corrected chi connectivity index (χ3v) is 10.2. The standard InChI is InChI=1S/C53H35N7/c1-5-16-36(17-6-1)46-33-47(37-18-7-2-8-19-37)58-52(57-46)41-25-15-24-40(30-41)43-31-50(44-26-13-14-29-54-44)56-51(32-43)45-28-27-42(35-55-45)53-59-48(38-20-9-3-10-21-38)34-49(60-53)39-22-11-4-12-23-39/h1-35H. The van der Waals surface area contributed by atoms with E-state index in [9.17, 15) is 0 Å². The monoisotopic (exact) mass is 769 g/mol. The van der Waals surface area contributed by atoms with E-state index in [1.807, 2.05) is 121 Å². The second-order valence-electron chi connectivity index (χ2n) is 14.2. The van der Waals surface area contributed by atoms with Crippen LogP contribution in [0.3, 0.4) is 0 Å². The van der Waals surface area contributed by atoms with Crippen LogP contribution in [0, 0.1) is 0 Å². The van der Waals surface area contributed by atoms with Gasteiger partial charge in [0.25, 0.3) is 0 Å². The molecule has 0 fully saturated rings. The van der Waals surface area contributed by atoms with Gasteiger partial charge in [-0.3, -0.25) is 9.97 Å². The molecule has 7 heteroatoms. The zero-order valence-corrected chi connectivity index (χ0v) is 32.3. The molecule has 0 atom stereocenters. The van der Waals surface area contributed by atoms with Crippen molar-refractivity contribution in [1.29, 1.82) is 0 Å². The predicted octanol–water partition coefficient (Wildman–Crippen LogP) is 12.5. The average molecular weight is 770 g/mol. The number of hydrogen-bond donors (Lipinski definition) is 0. The number of aromatic nitrogens is 7. The van der Waals surface area contributed by atoms with Gasteiger partial charge in [-0.15, -0.1) is 0 Å². The second kappa shape index (κ2) is 16.3. The van der Waals surface area contributed by atoms with E-state index in [4.69, 9.17) is 29.9 Å². The molecule has 0 spiro atoms. The largest absolute Gasteiger partial charge is 0.255 e. The minimum absolute atomic E-state index is 0.593. The molecule has 0 saturated heterocycles. The molecule has 0 radical (unpaired) electrons. The topological polar surface area (TPSA) is 90.2 Å². The molecule has 60 heavy (non-hydrogen) atoms. The van der Waals surface area contributed by atoms with Crippen molar-refractivity contribution >= 4 is 0 Å². The summed E-state index contributed by atoms with van der Waals surface area (Å²) in [5.74, 6) is 1.23. The summed E-state index contributed by atoms with van der Waals surface area (Å²) in [5.41, 5.74) is 14.0. The van der Waals surface area contributed by atoms with Crippen molar-refractivity contribution in [3.63, 3.8) is 0 Å². The molecule has 0 aliphatic heterocycles. The van der Waals surface area contributed by atoms with Gasteiger partial charge in [0.15, 0.2) is 11.6 Å². The lowest BCUT2D eigenvalue weighted by atomic mass is 10.00. The molecule has 282 valence electrons. The fourth-order valence-electron chi connectivity index (χ4n) is 7.17. The van der Waals surface area contributed by atoms with Crippen LogP contribution in [0.1, 0.15) is 0 Å². The molecule has 0 saturated carbocycles. The van der Waals surface area contributed by atoms with Gasteiger partial charge in [0.05, 0.1) is 45.6 Å². The third kappa shape index (κ3) is 7.71. The second-order valence-corrected chi connectivity index (χ2v) is 14.2. The first-order chi connectivity index (χ1) is 29.7. The highest BCUT2D eigenvalue weighted by atomic mass is 14.9. The normalized spacial score (nSPS) is 11.0. The van der Waals surface area contributed by atoms with Crippen LogP contribution in [0.15, 0.2) is 213 Å². The summed E-state index contributed by atoms with van der Waals surface area (Å²) in [7, 11) is 0. The Kier molecular flexibility index (Phi) is 9.79. The fraction of sp³-hybridized carbons (Fsp3) is 0. The highest BCUT2D eigenvalue weighted by Gasteiger charge is 2.16. The highest BCUT2D eigenvalue weighted by Crippen LogP contribution is 2.34. The summed E-state index contributed by atoms with van der Waals surface area (Å²) >= 11 is 0. The van der Waals surface area contributed by atoms with E-state index < -0.39 is 0 Å². The lowest BCUT2D eigenvalue weighted by molar-refractivity contribution is 1.17. The van der Waals surface area contributed by atoms with E-state index in [1.165, 1.54) is 0 Å². The summed E-state index contributed by atoms with van der Waals surface area (Å²) in [6.45, 7) is 0. The summed E-state index contributed by atoms with van der Waals surface area (Å²) in [6.07, 6.45) is 3.61. The van der Waals surface area contributed by atoms with E-state index in [1.54, 1.807) is 6.20 Å². The van der Waals surface area contributed by atoms with Crippen molar-refractivity contribution in [3.05, 3.63) is 213 Å². The number of nitrogens with zero attached hydrogens (tertiary/aromatic N) is 7. The molecule has 0 unspecified atom stereocenters. The Morgan fingerprint density at radius 2 is 0.650 bits per heavy atom. The molecule has 0 bridgehead atoms. The quantitative estimate of drug-likeness (QED) is 0.144. The van der Waals surface area contributed by atoms with Gasteiger partial charge in [-0.05, 0) is 65.7 Å². The highest BCUT2D eigenvalue weighted by molar-refractivity contribution is 5.79. The molecule has 5 heterocycles. The molecule has 0 amide bonds. The minimum atomic E-state index is 0.593. The summed E-state index contributed by atoms with van der Waals surface area (Å²) in [6, 6.07) is 67.2. The Hall–Kier alpha value is -8.29. The third-order valence-electron chi connectivity index (χ3n) is 10.2. The Bertz CT molecular complexity index is 2940. The van der Waals surface area contributed by atoms with Gasteiger partial charge in [0, 0.05) is 45.8 Å². The van der Waals surface area contributed by atoms with Gasteiger partial charge in [-0.25, -0.2) is 24.9 Å². The first-order valence-corrected chi connectivity index (χ1v) is 19.7. The lowest BCUT2D eigenvalue weighted by Crippen LogP contribution is -1.98. The Balaban J connectivity index is 1.05. The maximum absolute atomic E-state index is 5.10. The lowest BCUT2D eigenvalue weighted by Gasteiger charge is -2.12. The molecule has 7 nitrogen and oxygen atoms in total. The SMILES string of the molecule is c1ccc(-c2cc(-c3ccccc3)nc(-c3ccc(-c4cc(-c5cccc(-c6nc(-c7ccccc7)cc(-c7ccccc7)n6)c5)cc(-c5ccccn5)n4)nc3)n2)cc1. The van der Waals surface area contributed by atoms with Gasteiger partial charge >= 0.3 is 0 Å². The van der Waals surface area contributed by atoms with Crippen LogP contribution in [-0.4, -0.2) is 34.9 Å². The number of rotatable bonds is 9. The Morgan fingerprint density at radius 3 is 1.10 bits per heavy atom. The maximum Gasteiger partial charge on any atom is 0.161 e. The van der Waals surface area contributed by atoms with E-state index >= 15 is 0 Å². The molecule has 0 N–H and O–H groups in total. The fourth-order valence-corrected chi connectivity index (χ4v) is 7.17. The number of hydrogen-bond acceptors (Lipinski definition) is 7. The minimum Gasteiger partial charge on any atom is -0.255 e. The molecule has 5 aromatic carbocycles. The summed E-state index contributed by atoms with van der Waals surface area (Å²) < 4.78 is 0. The van der Waals surface area contributed by atoms with Crippen molar-refractivity contribution < 1.29 is 0 Å². The summed E-state index contributed by atoms with van der Waals surface area (Å²) in [5, 5.41) is 0. The molecule has 0 aliphatic rings. The van der Waals surface area contributed by atoms with Crippen molar-refractivity contribution in [2.45, 2.75) is 0 Å². The van der Waals surface area contributed by atoms with E-state index in [0.717, 1.165) is 78.7 Å². The van der Waals surface area contributed by atoms with Crippen LogP contribution >= 0.6 is 0 Å². The predicted molar refractivity (Wildman–Crippen MR) is 240 cm³/mol. The molecule has 10 rings (SSSR count). The molecule has 0 aliphatic carbocycles. The molecule has 5 aromatic heterocycles. The first kappa shape index (κ1) is 36.1. The van der Waals surface area contributed by atoms with Crippen LogP contribution in [0.25, 0.3) is 102 Å². The average Bonchev–Trinajstić information content (AvgIpc) is 3.35. The molecule has 10 aromatic rings. The molecular formula is C53H35N7. The zero-order chi connectivity index (χ0) is 40.1. The van der Waals surface area contributed by atoms with Gasteiger partial charge in [0.2, 0.25) is 0 Å². The van der Waals surface area contributed by atoms with Gasteiger partial charge in [0.1, 0.15) is 0 Å². The van der Waals surface area contributed by atoms with Crippen LogP contribution in [0.4, 0.5) is 0 Å². The van der Waals surface area contributed by atoms with E-state index in [2.05, 4.69) is 89.9 Å². The van der Waals surface area contributed by atoms with Crippen molar-refractivity contribution in [1.82, 2.24) is 34.9 Å². The Morgan fingerprint density at radius 1 is 0.217 bits per heavy atom. The van der Waals surface area contributed by atoms with Crippen LogP contribution in [0.5, 0.6) is 0 Å². The van der Waals surface area contributed by atoms with Crippen LogP contribution < -0.4 is 0 Å². The Labute approximate surface area is 347 Å². The van der Waals surface area contributed by atoms with Crippen molar-refractivity contribution in [2.75, 3.05) is 0 Å². The molecular weight excluding hydrogens is 735 g/mol. The zero-order valence-electron chi connectivity index (χ0n) is 32.3. The van der Waals surface area contributed by atoms with E-state index in [-0.39, 0.29) is 0 Å². The smallest absolute Gasteiger partial charge is 0.161 e. The van der Waals surface area contributed by atoms with Gasteiger partial charge in [-0.1, -0.05) is 146 Å². The van der Waals surface area contributed by atoms with E-state index in [0.29, 0.717) is 23.0 Å². The van der Waals surface area contributed by atoms with Crippen molar-refractivity contribution in [2.24, 2.45) is 0 Å². The summed E-state index contributed by atoms with van der Waals surface area (Å²) in [4.78, 5) is 34.9. The van der Waals surface area contributed by atoms with Gasteiger partial charge in [-0.2, -0.15) is 0 Å². The van der Waals surface area contributed by atoms with Crippen LogP contribution in [-0.2, 0) is 0 Å². The van der Waals surface area contributed by atoms with Crippen LogP contribution in [0.2, 0.25) is 0 Å². The number of benzene rings is 5. The number of pyridine rings is 3. The maximum atomic E-state index is 5.10. The first-order valence-electron chi connectivity index (χ1n) is 19.7. The van der Waals surface area contributed by atoms with Crippen molar-refractivity contribution in [3.8, 4) is 102 Å². The van der Waals surface area contributed by atoms with Gasteiger partial charge < -0.3 is 0 Å².